The van der Waals surface area contributed by atoms with Crippen molar-refractivity contribution in [3.8, 4) is 0 Å². The molecule has 0 radical (unpaired) electrons. The number of nitrogens with zero attached hydrogens (tertiary/aromatic N) is 1. The fourth-order valence-corrected chi connectivity index (χ4v) is 3.53. The summed E-state index contributed by atoms with van der Waals surface area (Å²) < 4.78 is 0. The van der Waals surface area contributed by atoms with E-state index in [1.54, 1.807) is 5.56 Å². The molecule has 0 aromatic heterocycles. The fraction of sp³-hybridized carbons (Fsp3) is 0.647. The molecule has 2 nitrogen and oxygen atoms in total. The summed E-state index contributed by atoms with van der Waals surface area (Å²) in [5.41, 5.74) is 4.44. The zero-order valence-corrected chi connectivity index (χ0v) is 12.9. The van der Waals surface area contributed by atoms with E-state index in [1.807, 2.05) is 0 Å². The van der Waals surface area contributed by atoms with Gasteiger partial charge in [-0.1, -0.05) is 25.1 Å². The zero-order valence-electron chi connectivity index (χ0n) is 12.9. The number of aryl methyl sites for hydroxylation is 1. The summed E-state index contributed by atoms with van der Waals surface area (Å²) in [6.07, 6.45) is 2.68. The highest BCUT2D eigenvalue weighted by Crippen LogP contribution is 2.37. The van der Waals surface area contributed by atoms with Crippen molar-refractivity contribution < 1.29 is 0 Å². The highest BCUT2D eigenvalue weighted by atomic mass is 15.2. The van der Waals surface area contributed by atoms with Crippen molar-refractivity contribution >= 4 is 0 Å². The van der Waals surface area contributed by atoms with Gasteiger partial charge in [0.15, 0.2) is 0 Å². The lowest BCUT2D eigenvalue weighted by atomic mass is 9.82. The van der Waals surface area contributed by atoms with Gasteiger partial charge in [-0.3, -0.25) is 4.90 Å². The van der Waals surface area contributed by atoms with Gasteiger partial charge in [0, 0.05) is 6.04 Å². The summed E-state index contributed by atoms with van der Waals surface area (Å²) in [4.78, 5) is 2.66. The van der Waals surface area contributed by atoms with Crippen LogP contribution in [-0.4, -0.2) is 31.6 Å². The molecule has 1 N–H and O–H groups in total. The highest BCUT2D eigenvalue weighted by molar-refractivity contribution is 5.36. The molecule has 19 heavy (non-hydrogen) atoms. The second-order valence-electron chi connectivity index (χ2n) is 5.82. The minimum absolute atomic E-state index is 0.589. The van der Waals surface area contributed by atoms with E-state index >= 15 is 0 Å². The predicted octanol–water partition coefficient (Wildman–Crippen LogP) is 3.30. The van der Waals surface area contributed by atoms with Gasteiger partial charge in [0.05, 0.1) is 0 Å². The lowest BCUT2D eigenvalue weighted by Crippen LogP contribution is -2.42. The molecule has 1 aromatic carbocycles. The summed E-state index contributed by atoms with van der Waals surface area (Å²) >= 11 is 0. The third kappa shape index (κ3) is 3.01. The van der Waals surface area contributed by atoms with Crippen LogP contribution in [0.25, 0.3) is 0 Å². The third-order valence-corrected chi connectivity index (χ3v) is 4.70. The van der Waals surface area contributed by atoms with E-state index in [4.69, 9.17) is 0 Å². The smallest absolute Gasteiger partial charge is 0.0391 e. The Balaban J connectivity index is 2.36. The summed E-state index contributed by atoms with van der Waals surface area (Å²) in [6.45, 7) is 10.3. The Morgan fingerprint density at radius 3 is 2.79 bits per heavy atom. The van der Waals surface area contributed by atoms with E-state index in [0.717, 1.165) is 19.0 Å². The third-order valence-electron chi connectivity index (χ3n) is 4.70. The summed E-state index contributed by atoms with van der Waals surface area (Å²) in [6, 6.07) is 7.37. The molecule has 1 aliphatic heterocycles. The Hall–Kier alpha value is -0.860. The molecule has 1 heterocycles. The van der Waals surface area contributed by atoms with Crippen LogP contribution in [0.2, 0.25) is 0 Å². The first-order valence-electron chi connectivity index (χ1n) is 7.63. The maximum atomic E-state index is 3.39. The van der Waals surface area contributed by atoms with Gasteiger partial charge in [-0.05, 0) is 76.0 Å². The molecule has 0 bridgehead atoms. The number of benzene rings is 1. The summed E-state index contributed by atoms with van der Waals surface area (Å²) in [5, 5.41) is 3.39. The molecule has 1 aliphatic rings. The summed E-state index contributed by atoms with van der Waals surface area (Å²) in [7, 11) is 2.07. The molecule has 0 spiro atoms. The molecule has 106 valence electrons. The maximum Gasteiger partial charge on any atom is 0.0391 e. The van der Waals surface area contributed by atoms with E-state index in [2.05, 4.69) is 56.2 Å². The molecule has 2 unspecified atom stereocenters. The lowest BCUT2D eigenvalue weighted by Gasteiger charge is -2.42. The molecule has 0 saturated carbocycles. The number of rotatable bonds is 4. The number of hydrogen-bond donors (Lipinski definition) is 1. The first kappa shape index (κ1) is 14.5. The molecular weight excluding hydrogens is 232 g/mol. The van der Waals surface area contributed by atoms with Crippen molar-refractivity contribution in [1.29, 1.82) is 0 Å². The Morgan fingerprint density at radius 2 is 2.11 bits per heavy atom. The Labute approximate surface area is 118 Å². The van der Waals surface area contributed by atoms with E-state index in [0.29, 0.717) is 6.04 Å². The van der Waals surface area contributed by atoms with E-state index in [1.165, 1.54) is 30.5 Å². The van der Waals surface area contributed by atoms with Gasteiger partial charge in [0.25, 0.3) is 0 Å². The van der Waals surface area contributed by atoms with Gasteiger partial charge in [0.1, 0.15) is 0 Å². The summed E-state index contributed by atoms with van der Waals surface area (Å²) in [5.74, 6) is 0.735. The van der Waals surface area contributed by atoms with Crippen molar-refractivity contribution in [3.63, 3.8) is 0 Å². The van der Waals surface area contributed by atoms with Gasteiger partial charge >= 0.3 is 0 Å². The van der Waals surface area contributed by atoms with Crippen LogP contribution < -0.4 is 5.32 Å². The van der Waals surface area contributed by atoms with E-state index in [9.17, 15) is 0 Å². The second-order valence-corrected chi connectivity index (χ2v) is 5.82. The van der Waals surface area contributed by atoms with Crippen LogP contribution in [0.4, 0.5) is 0 Å². The molecule has 0 amide bonds. The van der Waals surface area contributed by atoms with Crippen LogP contribution in [0.15, 0.2) is 18.2 Å². The lowest BCUT2D eigenvalue weighted by molar-refractivity contribution is 0.0977. The van der Waals surface area contributed by atoms with Crippen LogP contribution in [0.3, 0.4) is 0 Å². The van der Waals surface area contributed by atoms with E-state index in [-0.39, 0.29) is 0 Å². The van der Waals surface area contributed by atoms with Crippen LogP contribution in [0.1, 0.15) is 42.5 Å². The topological polar surface area (TPSA) is 15.3 Å². The Kier molecular flexibility index (Phi) is 5.00. The molecule has 2 heteroatoms. The van der Waals surface area contributed by atoms with Gasteiger partial charge in [-0.2, -0.15) is 0 Å². The molecular formula is C17H28N2. The van der Waals surface area contributed by atoms with Gasteiger partial charge in [-0.15, -0.1) is 0 Å². The standard InChI is InChI=1S/C17H28N2/c1-5-19-11-7-9-15(12-18-4)17(19)16-10-6-8-13(2)14(16)3/h6,8,10,15,17-18H,5,7,9,11-12H2,1-4H3. The van der Waals surface area contributed by atoms with Crippen molar-refractivity contribution in [3.05, 3.63) is 34.9 Å². The van der Waals surface area contributed by atoms with Crippen molar-refractivity contribution in [1.82, 2.24) is 10.2 Å². The largest absolute Gasteiger partial charge is 0.319 e. The predicted molar refractivity (Wildman–Crippen MR) is 82.6 cm³/mol. The van der Waals surface area contributed by atoms with Crippen molar-refractivity contribution in [2.45, 2.75) is 39.7 Å². The average molecular weight is 260 g/mol. The van der Waals surface area contributed by atoms with Gasteiger partial charge < -0.3 is 5.32 Å². The molecule has 1 saturated heterocycles. The van der Waals surface area contributed by atoms with Crippen molar-refractivity contribution in [2.75, 3.05) is 26.7 Å². The van der Waals surface area contributed by atoms with Crippen LogP contribution in [0, 0.1) is 19.8 Å². The van der Waals surface area contributed by atoms with Crippen LogP contribution >= 0.6 is 0 Å². The SMILES string of the molecule is CCN1CCCC(CNC)C1c1cccc(C)c1C. The molecule has 1 fully saturated rings. The number of hydrogen-bond acceptors (Lipinski definition) is 2. The zero-order chi connectivity index (χ0) is 13.8. The van der Waals surface area contributed by atoms with E-state index < -0.39 is 0 Å². The first-order chi connectivity index (χ1) is 9.19. The van der Waals surface area contributed by atoms with Crippen molar-refractivity contribution in [2.24, 2.45) is 5.92 Å². The average Bonchev–Trinajstić information content (AvgIpc) is 2.42. The number of likely N-dealkylation sites (tertiary alicyclic amines) is 1. The normalized spacial score (nSPS) is 24.6. The Bertz CT molecular complexity index is 412. The maximum absolute atomic E-state index is 3.39. The van der Waals surface area contributed by atoms with Gasteiger partial charge in [-0.25, -0.2) is 0 Å². The monoisotopic (exact) mass is 260 g/mol. The fourth-order valence-electron chi connectivity index (χ4n) is 3.53. The number of nitrogens with one attached hydrogen (secondary N) is 1. The minimum Gasteiger partial charge on any atom is -0.319 e. The molecule has 1 aromatic rings. The highest BCUT2D eigenvalue weighted by Gasteiger charge is 2.32. The first-order valence-corrected chi connectivity index (χ1v) is 7.63. The second kappa shape index (κ2) is 6.53. The minimum atomic E-state index is 0.589. The molecule has 2 atom stereocenters. The molecule has 0 aliphatic carbocycles. The molecule has 2 rings (SSSR count). The number of piperidine rings is 1. The van der Waals surface area contributed by atoms with Crippen LogP contribution in [-0.2, 0) is 0 Å². The Morgan fingerprint density at radius 1 is 1.32 bits per heavy atom. The van der Waals surface area contributed by atoms with Gasteiger partial charge in [0.2, 0.25) is 0 Å². The quantitative estimate of drug-likeness (QED) is 0.893. The van der Waals surface area contributed by atoms with Crippen LogP contribution in [0.5, 0.6) is 0 Å².